The molecule has 182 valence electrons. The van der Waals surface area contributed by atoms with E-state index < -0.39 is 11.4 Å². The zero-order valence-electron chi connectivity index (χ0n) is 20.5. The van der Waals surface area contributed by atoms with E-state index in [9.17, 15) is 14.7 Å². The summed E-state index contributed by atoms with van der Waals surface area (Å²) >= 11 is 1.76. The fourth-order valence-electron chi connectivity index (χ4n) is 3.83. The van der Waals surface area contributed by atoms with Gasteiger partial charge in [0.05, 0.1) is 16.8 Å². The van der Waals surface area contributed by atoms with Gasteiger partial charge in [-0.2, -0.15) is 0 Å². The molecule has 35 heavy (non-hydrogen) atoms. The lowest BCUT2D eigenvalue weighted by atomic mass is 9.79. The summed E-state index contributed by atoms with van der Waals surface area (Å²) in [5.74, 6) is -0.431. The van der Waals surface area contributed by atoms with Gasteiger partial charge in [0, 0.05) is 22.8 Å². The van der Waals surface area contributed by atoms with E-state index in [2.05, 4.69) is 36.5 Å². The molecule has 1 heterocycles. The first-order valence-corrected chi connectivity index (χ1v) is 12.8. The second kappa shape index (κ2) is 12.4. The zero-order chi connectivity index (χ0) is 25.3. The number of carbonyl (C=O) groups excluding carboxylic acids is 1. The number of nitrogens with zero attached hydrogens (tertiary/aromatic N) is 1. The topological polar surface area (TPSA) is 79.3 Å². The van der Waals surface area contributed by atoms with Crippen molar-refractivity contribution in [3.05, 3.63) is 89.2 Å². The number of nitrogens with one attached hydrogen (secondary N) is 1. The molecule has 0 saturated heterocycles. The molecule has 0 atom stereocenters. The predicted molar refractivity (Wildman–Crippen MR) is 144 cm³/mol. The van der Waals surface area contributed by atoms with Crippen molar-refractivity contribution in [3.63, 3.8) is 0 Å². The number of carboxylic acid groups (broad SMARTS) is 1. The fourth-order valence-corrected chi connectivity index (χ4v) is 4.75. The largest absolute Gasteiger partial charge is 0.481 e. The van der Waals surface area contributed by atoms with Crippen LogP contribution in [0.2, 0.25) is 0 Å². The van der Waals surface area contributed by atoms with E-state index >= 15 is 0 Å². The van der Waals surface area contributed by atoms with Gasteiger partial charge in [-0.1, -0.05) is 55.8 Å². The Bertz CT molecular complexity index is 1200. The molecule has 0 aliphatic carbocycles. The van der Waals surface area contributed by atoms with Crippen LogP contribution in [0, 0.1) is 12.3 Å². The molecule has 0 aliphatic heterocycles. The van der Waals surface area contributed by atoms with Crippen molar-refractivity contribution < 1.29 is 14.7 Å². The first-order valence-electron chi connectivity index (χ1n) is 11.8. The number of thioether (sulfide) groups is 1. The number of anilines is 1. The molecule has 0 spiro atoms. The number of aliphatic carboxylic acids is 1. The Balaban J connectivity index is 1.63. The van der Waals surface area contributed by atoms with E-state index in [1.807, 2.05) is 48.6 Å². The first kappa shape index (κ1) is 26.2. The molecule has 2 N–H and O–H groups in total. The number of carbonyl (C=O) groups is 2. The molecule has 0 bridgehead atoms. The van der Waals surface area contributed by atoms with Crippen molar-refractivity contribution in [2.75, 3.05) is 5.32 Å². The third-order valence-corrected chi connectivity index (χ3v) is 7.16. The Hall–Kier alpha value is -3.38. The second-order valence-corrected chi connectivity index (χ2v) is 9.68. The summed E-state index contributed by atoms with van der Waals surface area (Å²) in [6.07, 6.45) is 4.67. The summed E-state index contributed by atoms with van der Waals surface area (Å²) in [6, 6.07) is 21.9. The van der Waals surface area contributed by atoms with Gasteiger partial charge in [0.1, 0.15) is 0 Å². The highest BCUT2D eigenvalue weighted by Crippen LogP contribution is 2.31. The van der Waals surface area contributed by atoms with Gasteiger partial charge in [-0.25, -0.2) is 0 Å². The summed E-state index contributed by atoms with van der Waals surface area (Å²) in [5.41, 5.74) is 3.64. The highest BCUT2D eigenvalue weighted by molar-refractivity contribution is 7.98. The lowest BCUT2D eigenvalue weighted by Gasteiger charge is -2.25. The molecule has 6 heteroatoms. The Morgan fingerprint density at radius 3 is 2.46 bits per heavy atom. The quantitative estimate of drug-likeness (QED) is 0.282. The van der Waals surface area contributed by atoms with Crippen molar-refractivity contribution in [3.8, 4) is 0 Å². The molecule has 3 aromatic rings. The van der Waals surface area contributed by atoms with E-state index in [1.54, 1.807) is 31.7 Å². The number of amides is 1. The van der Waals surface area contributed by atoms with Crippen molar-refractivity contribution in [1.29, 1.82) is 0 Å². The van der Waals surface area contributed by atoms with Gasteiger partial charge in [-0.3, -0.25) is 14.6 Å². The van der Waals surface area contributed by atoms with Crippen LogP contribution < -0.4 is 5.32 Å². The number of benzene rings is 2. The van der Waals surface area contributed by atoms with Crippen molar-refractivity contribution >= 4 is 41.5 Å². The van der Waals surface area contributed by atoms with Gasteiger partial charge in [0.2, 0.25) is 5.91 Å². The number of aromatic nitrogens is 1. The van der Waals surface area contributed by atoms with E-state index in [4.69, 9.17) is 4.98 Å². The molecular weight excluding hydrogens is 456 g/mol. The van der Waals surface area contributed by atoms with Gasteiger partial charge < -0.3 is 10.4 Å². The number of pyridine rings is 1. The van der Waals surface area contributed by atoms with Gasteiger partial charge >= 0.3 is 5.97 Å². The molecule has 0 fully saturated rings. The van der Waals surface area contributed by atoms with Gasteiger partial charge in [0.25, 0.3) is 0 Å². The van der Waals surface area contributed by atoms with E-state index in [0.717, 1.165) is 22.7 Å². The first-order chi connectivity index (χ1) is 16.8. The lowest BCUT2D eigenvalue weighted by Crippen LogP contribution is -2.34. The number of hydrogen-bond donors (Lipinski definition) is 2. The van der Waals surface area contributed by atoms with Crippen LogP contribution in [0.5, 0.6) is 0 Å². The standard InChI is InChI=1S/C29H32N2O3S/c1-4-29(5-2,28(33)34)19-27(32)31-24-12-7-10-22(18-24)15-16-23-11-8-13-25(30-23)20-35-26-14-6-9-21(3)17-26/h6-18H,4-5,19-20H2,1-3H3,(H,31,32)(H,33,34). The van der Waals surface area contributed by atoms with Crippen LogP contribution >= 0.6 is 11.8 Å². The van der Waals surface area contributed by atoms with Crippen LogP contribution in [0.1, 0.15) is 55.6 Å². The Morgan fingerprint density at radius 1 is 1.00 bits per heavy atom. The van der Waals surface area contributed by atoms with Gasteiger partial charge in [0.15, 0.2) is 0 Å². The summed E-state index contributed by atoms with van der Waals surface area (Å²) in [4.78, 5) is 30.2. The Labute approximate surface area is 211 Å². The highest BCUT2D eigenvalue weighted by atomic mass is 32.2. The van der Waals surface area contributed by atoms with Crippen molar-refractivity contribution in [1.82, 2.24) is 4.98 Å². The second-order valence-electron chi connectivity index (χ2n) is 8.64. The van der Waals surface area contributed by atoms with Crippen molar-refractivity contribution in [2.24, 2.45) is 5.41 Å². The van der Waals surface area contributed by atoms with E-state index in [-0.39, 0.29) is 12.3 Å². The van der Waals surface area contributed by atoms with E-state index in [0.29, 0.717) is 18.5 Å². The van der Waals surface area contributed by atoms with Gasteiger partial charge in [-0.05, 0) is 67.8 Å². The monoisotopic (exact) mass is 488 g/mol. The molecule has 5 nitrogen and oxygen atoms in total. The summed E-state index contributed by atoms with van der Waals surface area (Å²) in [6.45, 7) is 5.70. The predicted octanol–water partition coefficient (Wildman–Crippen LogP) is 7.07. The van der Waals surface area contributed by atoms with Crippen LogP contribution in [-0.2, 0) is 15.3 Å². The van der Waals surface area contributed by atoms with Crippen LogP contribution in [0.3, 0.4) is 0 Å². The molecule has 1 amide bonds. The molecule has 0 unspecified atom stereocenters. The smallest absolute Gasteiger partial charge is 0.310 e. The minimum absolute atomic E-state index is 0.0489. The third-order valence-electron chi connectivity index (χ3n) is 6.13. The van der Waals surface area contributed by atoms with Crippen LogP contribution in [0.25, 0.3) is 12.2 Å². The summed E-state index contributed by atoms with van der Waals surface area (Å²) < 4.78 is 0. The SMILES string of the molecule is CCC(CC)(CC(=O)Nc1cccc(C=Cc2cccc(CSc3cccc(C)c3)n2)c1)C(=O)O. The van der Waals surface area contributed by atoms with Crippen LogP contribution in [-0.4, -0.2) is 22.0 Å². The fraction of sp³-hybridized carbons (Fsp3) is 0.276. The van der Waals surface area contributed by atoms with Crippen LogP contribution in [0.4, 0.5) is 5.69 Å². The third kappa shape index (κ3) is 7.55. The minimum Gasteiger partial charge on any atom is -0.481 e. The molecule has 0 aliphatic rings. The highest BCUT2D eigenvalue weighted by Gasteiger charge is 2.37. The van der Waals surface area contributed by atoms with Crippen molar-refractivity contribution in [2.45, 2.75) is 50.7 Å². The van der Waals surface area contributed by atoms with Crippen LogP contribution in [0.15, 0.2) is 71.6 Å². The average molecular weight is 489 g/mol. The molecule has 0 saturated carbocycles. The number of rotatable bonds is 11. The molecular formula is C29H32N2O3S. The average Bonchev–Trinajstić information content (AvgIpc) is 2.85. The maximum absolute atomic E-state index is 12.6. The molecule has 0 radical (unpaired) electrons. The summed E-state index contributed by atoms with van der Waals surface area (Å²) in [7, 11) is 0. The Kier molecular flexibility index (Phi) is 9.26. The zero-order valence-corrected chi connectivity index (χ0v) is 21.3. The summed E-state index contributed by atoms with van der Waals surface area (Å²) in [5, 5.41) is 12.4. The maximum Gasteiger partial charge on any atom is 0.310 e. The molecule has 2 aromatic carbocycles. The number of carboxylic acids is 1. The molecule has 3 rings (SSSR count). The molecule has 1 aromatic heterocycles. The number of aryl methyl sites for hydroxylation is 1. The number of hydrogen-bond acceptors (Lipinski definition) is 4. The Morgan fingerprint density at radius 2 is 1.74 bits per heavy atom. The lowest BCUT2D eigenvalue weighted by molar-refractivity contribution is -0.151. The normalized spacial score (nSPS) is 11.5. The van der Waals surface area contributed by atoms with Gasteiger partial charge in [-0.15, -0.1) is 11.8 Å². The maximum atomic E-state index is 12.6. The minimum atomic E-state index is -1.03. The van der Waals surface area contributed by atoms with E-state index in [1.165, 1.54) is 10.5 Å².